The van der Waals surface area contributed by atoms with Crippen LogP contribution < -0.4 is 10.6 Å². The molecular formula is C12H17N9O2. The Bertz CT molecular complexity index is 767. The van der Waals surface area contributed by atoms with Crippen molar-refractivity contribution in [2.45, 2.75) is 24.8 Å². The maximum atomic E-state index is 9.39. The molecule has 0 unspecified atom stereocenters. The predicted octanol–water partition coefficient (Wildman–Crippen LogP) is 0.433. The van der Waals surface area contributed by atoms with Gasteiger partial charge in [-0.25, -0.2) is 4.98 Å². The monoisotopic (exact) mass is 319 g/mol. The molecule has 3 atom stereocenters. The molecule has 122 valence electrons. The quantitative estimate of drug-likeness (QED) is 0.471. The number of rotatable bonds is 4. The van der Waals surface area contributed by atoms with Crippen molar-refractivity contribution in [3.63, 3.8) is 0 Å². The van der Waals surface area contributed by atoms with E-state index in [1.165, 1.54) is 0 Å². The second kappa shape index (κ2) is 5.88. The molecule has 1 fully saturated rings. The van der Waals surface area contributed by atoms with Crippen molar-refractivity contribution in [2.24, 2.45) is 5.11 Å². The zero-order valence-electron chi connectivity index (χ0n) is 12.7. The highest BCUT2D eigenvalue weighted by Gasteiger charge is 2.36. The normalized spacial score (nSPS) is 23.9. The molecule has 11 nitrogen and oxygen atoms in total. The van der Waals surface area contributed by atoms with E-state index in [0.717, 1.165) is 0 Å². The highest BCUT2D eigenvalue weighted by atomic mass is 16.5. The number of hydrogen-bond acceptors (Lipinski definition) is 8. The second-order valence-electron chi connectivity index (χ2n) is 5.44. The number of nitrogens with two attached hydrogens (primary N) is 1. The third kappa shape index (κ3) is 2.61. The summed E-state index contributed by atoms with van der Waals surface area (Å²) in [5.74, 6) is 0.750. The van der Waals surface area contributed by atoms with Gasteiger partial charge in [0.05, 0.1) is 25.1 Å². The number of nitrogen functional groups attached to an aromatic ring is 1. The van der Waals surface area contributed by atoms with Crippen molar-refractivity contribution in [2.75, 3.05) is 31.3 Å². The van der Waals surface area contributed by atoms with Crippen molar-refractivity contribution >= 4 is 22.9 Å². The Kier molecular flexibility index (Phi) is 3.90. The van der Waals surface area contributed by atoms with E-state index in [0.29, 0.717) is 23.4 Å². The molecule has 1 aliphatic heterocycles. The minimum absolute atomic E-state index is 0.138. The van der Waals surface area contributed by atoms with E-state index < -0.39 is 18.4 Å². The van der Waals surface area contributed by atoms with Gasteiger partial charge < -0.3 is 20.5 Å². The van der Waals surface area contributed by atoms with Crippen LogP contribution in [0.1, 0.15) is 12.6 Å². The van der Waals surface area contributed by atoms with Crippen LogP contribution in [0.15, 0.2) is 11.4 Å². The van der Waals surface area contributed by atoms with Crippen LogP contribution in [0.3, 0.4) is 0 Å². The molecule has 2 aromatic rings. The fourth-order valence-electron chi connectivity index (χ4n) is 2.71. The maximum Gasteiger partial charge on any atom is 0.224 e. The van der Waals surface area contributed by atoms with Gasteiger partial charge in [-0.2, -0.15) is 9.97 Å². The van der Waals surface area contributed by atoms with E-state index in [9.17, 15) is 5.11 Å². The number of aliphatic hydroxyl groups excluding tert-OH is 1. The third-order valence-corrected chi connectivity index (χ3v) is 3.75. The van der Waals surface area contributed by atoms with Gasteiger partial charge in [0.15, 0.2) is 11.5 Å². The lowest BCUT2D eigenvalue weighted by atomic mass is 10.1. The van der Waals surface area contributed by atoms with E-state index in [1.54, 1.807) is 10.9 Å². The van der Waals surface area contributed by atoms with Gasteiger partial charge in [-0.3, -0.25) is 4.57 Å². The summed E-state index contributed by atoms with van der Waals surface area (Å²) in [6.45, 7) is -0.225. The summed E-state index contributed by atoms with van der Waals surface area (Å²) in [7, 11) is 3.68. The molecule has 0 amide bonds. The summed E-state index contributed by atoms with van der Waals surface area (Å²) in [4.78, 5) is 17.2. The number of aromatic nitrogens is 4. The first kappa shape index (κ1) is 15.3. The largest absolute Gasteiger partial charge is 0.394 e. The van der Waals surface area contributed by atoms with Gasteiger partial charge in [-0.1, -0.05) is 5.11 Å². The van der Waals surface area contributed by atoms with Crippen LogP contribution >= 0.6 is 0 Å². The molecule has 3 heterocycles. The predicted molar refractivity (Wildman–Crippen MR) is 82.6 cm³/mol. The second-order valence-corrected chi connectivity index (χ2v) is 5.44. The van der Waals surface area contributed by atoms with Crippen molar-refractivity contribution in [1.29, 1.82) is 0 Å². The van der Waals surface area contributed by atoms with Gasteiger partial charge in [-0.15, -0.1) is 0 Å². The lowest BCUT2D eigenvalue weighted by molar-refractivity contribution is -0.0230. The van der Waals surface area contributed by atoms with Crippen LogP contribution in [0.4, 0.5) is 11.8 Å². The molecule has 0 aliphatic carbocycles. The van der Waals surface area contributed by atoms with E-state index in [-0.39, 0.29) is 12.6 Å². The number of azide groups is 1. The molecule has 0 aromatic carbocycles. The molecule has 3 N–H and O–H groups in total. The standard InChI is InChI=1S/C12H17N9O2/c1-20(2)11-9-10(16-12(13)17-11)15-5-21(9)8-3-6(18-19-14)7(4-22)23-8/h5-8,22H,3-4H2,1-2H3,(H2,13,16,17)/t6-,7+,8+/m0/s1. The molecular weight excluding hydrogens is 302 g/mol. The number of ether oxygens (including phenoxy) is 1. The van der Waals surface area contributed by atoms with Gasteiger partial charge in [0.1, 0.15) is 11.7 Å². The van der Waals surface area contributed by atoms with Crippen molar-refractivity contribution in [1.82, 2.24) is 19.5 Å². The van der Waals surface area contributed by atoms with Gasteiger partial charge in [0.2, 0.25) is 5.95 Å². The first-order valence-electron chi connectivity index (χ1n) is 7.03. The topological polar surface area (TPSA) is 151 Å². The summed E-state index contributed by atoms with van der Waals surface area (Å²) < 4.78 is 7.57. The zero-order valence-corrected chi connectivity index (χ0v) is 12.7. The summed E-state index contributed by atoms with van der Waals surface area (Å²) in [6, 6.07) is -0.440. The van der Waals surface area contributed by atoms with Crippen LogP contribution in [0.25, 0.3) is 21.6 Å². The maximum absolute atomic E-state index is 9.39. The summed E-state index contributed by atoms with van der Waals surface area (Å²) in [5, 5.41) is 13.1. The average molecular weight is 319 g/mol. The molecule has 0 radical (unpaired) electrons. The van der Waals surface area contributed by atoms with E-state index >= 15 is 0 Å². The molecule has 1 saturated heterocycles. The van der Waals surface area contributed by atoms with Gasteiger partial charge in [0.25, 0.3) is 0 Å². The number of anilines is 2. The number of imidazole rings is 1. The molecule has 3 rings (SSSR count). The summed E-state index contributed by atoms with van der Waals surface area (Å²) in [6.07, 6.45) is 1.03. The highest BCUT2D eigenvalue weighted by Crippen LogP contribution is 2.34. The van der Waals surface area contributed by atoms with Crippen LogP contribution in [-0.2, 0) is 4.74 Å². The smallest absolute Gasteiger partial charge is 0.224 e. The Morgan fingerprint density at radius 3 is 3.00 bits per heavy atom. The Balaban J connectivity index is 2.06. The lowest BCUT2D eigenvalue weighted by Crippen LogP contribution is -2.23. The molecule has 23 heavy (non-hydrogen) atoms. The Hall–Kier alpha value is -2.62. The Morgan fingerprint density at radius 1 is 1.57 bits per heavy atom. The van der Waals surface area contributed by atoms with Crippen molar-refractivity contribution in [3.05, 3.63) is 16.8 Å². The van der Waals surface area contributed by atoms with Gasteiger partial charge >= 0.3 is 0 Å². The first-order chi connectivity index (χ1) is 11.0. The van der Waals surface area contributed by atoms with Crippen LogP contribution in [0.2, 0.25) is 0 Å². The van der Waals surface area contributed by atoms with Crippen LogP contribution in [0.5, 0.6) is 0 Å². The molecule has 1 aliphatic rings. The lowest BCUT2D eigenvalue weighted by Gasteiger charge is -2.18. The van der Waals surface area contributed by atoms with Crippen LogP contribution in [-0.4, -0.2) is 57.5 Å². The minimum atomic E-state index is -0.550. The van der Waals surface area contributed by atoms with Gasteiger partial charge in [-0.05, 0) is 5.53 Å². The number of fused-ring (bicyclic) bond motifs is 1. The fourth-order valence-corrected chi connectivity index (χ4v) is 2.71. The molecule has 0 spiro atoms. The van der Waals surface area contributed by atoms with Crippen LogP contribution in [0, 0.1) is 0 Å². The summed E-state index contributed by atoms with van der Waals surface area (Å²) >= 11 is 0. The third-order valence-electron chi connectivity index (χ3n) is 3.75. The summed E-state index contributed by atoms with van der Waals surface area (Å²) in [5.41, 5.74) is 15.5. The minimum Gasteiger partial charge on any atom is -0.394 e. The molecule has 2 aromatic heterocycles. The Morgan fingerprint density at radius 2 is 2.35 bits per heavy atom. The fraction of sp³-hybridized carbons (Fsp3) is 0.583. The number of nitrogens with zero attached hydrogens (tertiary/aromatic N) is 8. The van der Waals surface area contributed by atoms with Crippen molar-refractivity contribution < 1.29 is 9.84 Å². The molecule has 11 heteroatoms. The highest BCUT2D eigenvalue weighted by molar-refractivity contribution is 5.84. The molecule has 0 bridgehead atoms. The molecule has 0 saturated carbocycles. The Labute approximate surface area is 131 Å². The average Bonchev–Trinajstić information content (AvgIpc) is 3.10. The number of hydrogen-bond donors (Lipinski definition) is 2. The van der Waals surface area contributed by atoms with Gasteiger partial charge in [0, 0.05) is 25.4 Å². The van der Waals surface area contributed by atoms with E-state index in [1.807, 2.05) is 19.0 Å². The zero-order chi connectivity index (χ0) is 16.6. The SMILES string of the molecule is CN(C)c1nc(N)nc2ncn([C@H]3C[C@H](N=[N+]=[N-])[C@@H](CO)O3)c12. The van der Waals surface area contributed by atoms with E-state index in [2.05, 4.69) is 25.0 Å². The van der Waals surface area contributed by atoms with Crippen molar-refractivity contribution in [3.8, 4) is 0 Å². The first-order valence-corrected chi connectivity index (χ1v) is 7.03. The number of aliphatic hydroxyl groups is 1. The van der Waals surface area contributed by atoms with E-state index in [4.69, 9.17) is 16.0 Å².